The zero-order valence-electron chi connectivity index (χ0n) is 29.6. The van der Waals surface area contributed by atoms with E-state index in [-0.39, 0.29) is 29.4 Å². The summed E-state index contributed by atoms with van der Waals surface area (Å²) in [5.74, 6) is -0.0528. The van der Waals surface area contributed by atoms with Crippen LogP contribution in [0, 0.1) is 13.8 Å². The summed E-state index contributed by atoms with van der Waals surface area (Å²) < 4.78 is 37.7. The molecule has 1 N–H and O–H groups in total. The molecule has 272 valence electrons. The van der Waals surface area contributed by atoms with Crippen LogP contribution in [0.25, 0.3) is 42.2 Å². The van der Waals surface area contributed by atoms with Crippen molar-refractivity contribution in [3.63, 3.8) is 0 Å². The molecule has 9 aromatic rings. The Bertz CT molecular complexity index is 3020. The lowest BCUT2D eigenvalue weighted by Crippen LogP contribution is -2.28. The van der Waals surface area contributed by atoms with Crippen molar-refractivity contribution in [2.45, 2.75) is 33.5 Å². The SMILES string of the molecule is Cc1cccc2scc(Cn3c(=O)[nH]c4ccccc43)c12.Cc1cccc2scc(Cn3c(=O)n(CCS(=O)(=O)Oc4ccccc4)c4ccccc43)c12. The summed E-state index contributed by atoms with van der Waals surface area (Å²) in [5, 5.41) is 6.70. The van der Waals surface area contributed by atoms with Crippen LogP contribution in [-0.2, 0) is 29.8 Å². The molecule has 4 heterocycles. The highest BCUT2D eigenvalue weighted by Crippen LogP contribution is 2.31. The molecular formula is C42H36N4O5S3. The fraction of sp³-hybridized carbons (Fsp3) is 0.143. The Morgan fingerprint density at radius 1 is 0.611 bits per heavy atom. The average Bonchev–Trinajstić information content (AvgIpc) is 3.92. The predicted molar refractivity (Wildman–Crippen MR) is 221 cm³/mol. The summed E-state index contributed by atoms with van der Waals surface area (Å²) in [5.41, 5.74) is 7.75. The monoisotopic (exact) mass is 772 g/mol. The largest absolute Gasteiger partial charge is 0.382 e. The van der Waals surface area contributed by atoms with E-state index in [0.717, 1.165) is 22.1 Å². The Morgan fingerprint density at radius 2 is 1.15 bits per heavy atom. The van der Waals surface area contributed by atoms with Gasteiger partial charge in [-0.15, -0.1) is 22.7 Å². The number of nitrogens with zero attached hydrogens (tertiary/aromatic N) is 3. The number of imidazole rings is 2. The van der Waals surface area contributed by atoms with Gasteiger partial charge in [0.05, 0.1) is 35.2 Å². The number of rotatable bonds is 9. The number of aryl methyl sites for hydroxylation is 3. The number of aromatic amines is 1. The van der Waals surface area contributed by atoms with Crippen molar-refractivity contribution in [1.82, 2.24) is 18.7 Å². The highest BCUT2D eigenvalue weighted by molar-refractivity contribution is 7.87. The Balaban J connectivity index is 0.000000169. The fourth-order valence-corrected chi connectivity index (χ4v) is 9.99. The lowest BCUT2D eigenvalue weighted by Gasteiger charge is -2.07. The zero-order chi connectivity index (χ0) is 37.4. The Morgan fingerprint density at radius 3 is 1.78 bits per heavy atom. The van der Waals surface area contributed by atoms with Gasteiger partial charge < -0.3 is 9.17 Å². The van der Waals surface area contributed by atoms with Crippen LogP contribution in [0.2, 0.25) is 0 Å². The Hall–Kier alpha value is -5.69. The van der Waals surface area contributed by atoms with Crippen LogP contribution < -0.4 is 15.6 Å². The summed E-state index contributed by atoms with van der Waals surface area (Å²) in [7, 11) is -3.86. The van der Waals surface area contributed by atoms with Crippen molar-refractivity contribution in [2.24, 2.45) is 0 Å². The van der Waals surface area contributed by atoms with Crippen molar-refractivity contribution >= 4 is 75.0 Å². The van der Waals surface area contributed by atoms with Crippen LogP contribution in [0.3, 0.4) is 0 Å². The Labute approximate surface area is 319 Å². The van der Waals surface area contributed by atoms with Crippen molar-refractivity contribution in [3.8, 4) is 5.75 Å². The normalized spacial score (nSPS) is 11.7. The lowest BCUT2D eigenvalue weighted by molar-refractivity contribution is 0.481. The van der Waals surface area contributed by atoms with Crippen LogP contribution >= 0.6 is 22.7 Å². The number of aromatic nitrogens is 4. The molecule has 4 aromatic heterocycles. The third-order valence-corrected chi connectivity index (χ3v) is 12.7. The molecule has 0 radical (unpaired) electrons. The maximum absolute atomic E-state index is 13.4. The second-order valence-corrected chi connectivity index (χ2v) is 16.6. The first-order valence-electron chi connectivity index (χ1n) is 17.4. The molecule has 9 rings (SSSR count). The van der Waals surface area contributed by atoms with Crippen molar-refractivity contribution in [2.75, 3.05) is 5.75 Å². The van der Waals surface area contributed by atoms with E-state index in [0.29, 0.717) is 18.6 Å². The average molecular weight is 773 g/mol. The number of hydrogen-bond donors (Lipinski definition) is 1. The van der Waals surface area contributed by atoms with Crippen LogP contribution in [0.4, 0.5) is 0 Å². The van der Waals surface area contributed by atoms with Crippen LogP contribution in [0.15, 0.2) is 136 Å². The number of nitrogens with one attached hydrogen (secondary N) is 1. The molecule has 0 saturated heterocycles. The third-order valence-electron chi connectivity index (χ3n) is 9.56. The van der Waals surface area contributed by atoms with E-state index < -0.39 is 10.1 Å². The quantitative estimate of drug-likeness (QED) is 0.148. The number of H-pyrrole nitrogens is 1. The minimum atomic E-state index is -3.86. The van der Waals surface area contributed by atoms with Gasteiger partial charge in [-0.1, -0.05) is 66.7 Å². The summed E-state index contributed by atoms with van der Waals surface area (Å²) in [6, 6.07) is 36.2. The first-order valence-corrected chi connectivity index (χ1v) is 20.7. The first-order chi connectivity index (χ1) is 26.2. The summed E-state index contributed by atoms with van der Waals surface area (Å²) in [6.07, 6.45) is 0. The number of fused-ring (bicyclic) bond motifs is 4. The number of thiophene rings is 2. The van der Waals surface area contributed by atoms with Gasteiger partial charge in [-0.3, -0.25) is 13.7 Å². The van der Waals surface area contributed by atoms with Crippen LogP contribution in [-0.4, -0.2) is 32.9 Å². The van der Waals surface area contributed by atoms with E-state index >= 15 is 0 Å². The molecular weight excluding hydrogens is 737 g/mol. The van der Waals surface area contributed by atoms with Gasteiger partial charge in [0.2, 0.25) is 0 Å². The van der Waals surface area contributed by atoms with Gasteiger partial charge in [-0.05, 0) is 95.4 Å². The molecule has 0 atom stereocenters. The van der Waals surface area contributed by atoms with Crippen LogP contribution in [0.5, 0.6) is 5.75 Å². The van der Waals surface area contributed by atoms with E-state index in [2.05, 4.69) is 59.9 Å². The smallest absolute Gasteiger partial charge is 0.329 e. The van der Waals surface area contributed by atoms with E-state index in [1.54, 1.807) is 57.6 Å². The van der Waals surface area contributed by atoms with E-state index in [1.165, 1.54) is 41.4 Å². The minimum absolute atomic E-state index is 0.00489. The van der Waals surface area contributed by atoms with Crippen LogP contribution in [0.1, 0.15) is 22.3 Å². The van der Waals surface area contributed by atoms with Crippen molar-refractivity contribution in [3.05, 3.63) is 169 Å². The maximum Gasteiger partial charge on any atom is 0.329 e. The molecule has 0 aliphatic heterocycles. The number of benzene rings is 5. The molecule has 0 saturated carbocycles. The maximum atomic E-state index is 13.4. The molecule has 0 aliphatic carbocycles. The molecule has 0 bridgehead atoms. The molecule has 0 fully saturated rings. The molecule has 12 heteroatoms. The molecule has 9 nitrogen and oxygen atoms in total. The highest BCUT2D eigenvalue weighted by Gasteiger charge is 2.19. The molecule has 0 amide bonds. The molecule has 0 unspecified atom stereocenters. The molecule has 0 spiro atoms. The van der Waals surface area contributed by atoms with Gasteiger partial charge >= 0.3 is 21.5 Å². The van der Waals surface area contributed by atoms with Gasteiger partial charge in [0.15, 0.2) is 0 Å². The highest BCUT2D eigenvalue weighted by atomic mass is 32.2. The number of hydrogen-bond acceptors (Lipinski definition) is 7. The summed E-state index contributed by atoms with van der Waals surface area (Å²) >= 11 is 3.40. The molecule has 0 aliphatic rings. The summed E-state index contributed by atoms with van der Waals surface area (Å²) in [6.45, 7) is 5.22. The zero-order valence-corrected chi connectivity index (χ0v) is 32.0. The van der Waals surface area contributed by atoms with Gasteiger partial charge in [-0.2, -0.15) is 8.42 Å². The Kier molecular flexibility index (Phi) is 9.57. The fourth-order valence-electron chi connectivity index (χ4n) is 7.03. The van der Waals surface area contributed by atoms with Gasteiger partial charge in [0.1, 0.15) is 11.5 Å². The lowest BCUT2D eigenvalue weighted by atomic mass is 10.1. The standard InChI is InChI=1S/C25H22N2O4S2.C17H14N2OS/c1-18-8-7-13-23-24(18)19(17-32-23)16-27-22-12-6-5-11-21(22)26(25(27)28)14-15-33(29,30)31-20-9-3-2-4-10-20;1-11-5-4-8-15-16(11)12(10-21-15)9-19-14-7-3-2-6-13(14)18-17(19)20/h2-13,17H,14-16H2,1H3;2-8,10H,9H2,1H3,(H,18,20). The number of para-hydroxylation sites is 5. The molecule has 5 aromatic carbocycles. The van der Waals surface area contributed by atoms with E-state index in [4.69, 9.17) is 4.18 Å². The van der Waals surface area contributed by atoms with Gasteiger partial charge in [0.25, 0.3) is 0 Å². The van der Waals surface area contributed by atoms with Gasteiger partial charge in [0, 0.05) is 26.7 Å². The van der Waals surface area contributed by atoms with Crippen molar-refractivity contribution in [1.29, 1.82) is 0 Å². The topological polar surface area (TPSA) is 108 Å². The second-order valence-electron chi connectivity index (χ2n) is 13.1. The van der Waals surface area contributed by atoms with E-state index in [1.807, 2.05) is 59.2 Å². The third kappa shape index (κ3) is 6.91. The predicted octanol–water partition coefficient (Wildman–Crippen LogP) is 8.68. The first kappa shape index (κ1) is 35.3. The van der Waals surface area contributed by atoms with E-state index in [9.17, 15) is 18.0 Å². The van der Waals surface area contributed by atoms with Crippen molar-refractivity contribution < 1.29 is 12.6 Å². The summed E-state index contributed by atoms with van der Waals surface area (Å²) in [4.78, 5) is 28.5. The molecule has 54 heavy (non-hydrogen) atoms. The second kappa shape index (κ2) is 14.6. The minimum Gasteiger partial charge on any atom is -0.382 e. The van der Waals surface area contributed by atoms with Gasteiger partial charge in [-0.25, -0.2) is 9.59 Å².